The topological polar surface area (TPSA) is 81.1 Å². The molecule has 2 rings (SSSR count). The van der Waals surface area contributed by atoms with Gasteiger partial charge >= 0.3 is 6.03 Å². The van der Waals surface area contributed by atoms with Gasteiger partial charge in [0.15, 0.2) is 0 Å². The number of aromatic nitrogens is 3. The molecule has 0 saturated carbocycles. The van der Waals surface area contributed by atoms with E-state index in [2.05, 4.69) is 27.6 Å². The third-order valence-corrected chi connectivity index (χ3v) is 3.91. The lowest BCUT2D eigenvalue weighted by Crippen LogP contribution is -2.52. The molecular formula is C14H25N5O2. The number of amides is 2. The molecule has 1 fully saturated rings. The molecule has 0 spiro atoms. The van der Waals surface area contributed by atoms with E-state index in [9.17, 15) is 4.79 Å². The van der Waals surface area contributed by atoms with Gasteiger partial charge in [0.05, 0.1) is 5.54 Å². The molecule has 118 valence electrons. The average molecular weight is 295 g/mol. The van der Waals surface area contributed by atoms with E-state index in [1.165, 1.54) is 0 Å². The molecule has 0 aliphatic carbocycles. The van der Waals surface area contributed by atoms with Crippen molar-refractivity contribution < 1.29 is 9.53 Å². The Kier molecular flexibility index (Phi) is 4.51. The molecular weight excluding hydrogens is 270 g/mol. The SMILES string of the molecule is CCC1(NC(=O)Nc2ncn(C(C)(C)C)n2)CCOCC1. The Bertz CT molecular complexity index is 486. The van der Waals surface area contributed by atoms with Gasteiger partial charge in [0.25, 0.3) is 0 Å². The molecule has 0 radical (unpaired) electrons. The maximum Gasteiger partial charge on any atom is 0.322 e. The highest BCUT2D eigenvalue weighted by molar-refractivity contribution is 5.87. The summed E-state index contributed by atoms with van der Waals surface area (Å²) in [5, 5.41) is 10.0. The highest BCUT2D eigenvalue weighted by atomic mass is 16.5. The molecule has 0 unspecified atom stereocenters. The van der Waals surface area contributed by atoms with Gasteiger partial charge in [0, 0.05) is 18.8 Å². The highest BCUT2D eigenvalue weighted by Gasteiger charge is 2.32. The number of carbonyl (C=O) groups is 1. The second kappa shape index (κ2) is 6.01. The standard InChI is InChI=1S/C14H25N5O2/c1-5-14(6-8-21-9-7-14)17-12(20)16-11-15-10-19(18-11)13(2,3)4/h10H,5-9H2,1-4H3,(H2,16,17,18,20). The summed E-state index contributed by atoms with van der Waals surface area (Å²) in [5.74, 6) is 0.320. The maximum absolute atomic E-state index is 12.2. The Hall–Kier alpha value is -1.63. The lowest BCUT2D eigenvalue weighted by molar-refractivity contribution is 0.0416. The molecule has 7 nitrogen and oxygen atoms in total. The largest absolute Gasteiger partial charge is 0.381 e. The molecule has 0 atom stereocenters. The van der Waals surface area contributed by atoms with Gasteiger partial charge in [-0.3, -0.25) is 5.32 Å². The van der Waals surface area contributed by atoms with E-state index in [1.54, 1.807) is 11.0 Å². The van der Waals surface area contributed by atoms with Gasteiger partial charge in [-0.1, -0.05) is 6.92 Å². The minimum Gasteiger partial charge on any atom is -0.381 e. The predicted octanol–water partition coefficient (Wildman–Crippen LogP) is 2.11. The van der Waals surface area contributed by atoms with Crippen LogP contribution in [0.2, 0.25) is 0 Å². The zero-order valence-corrected chi connectivity index (χ0v) is 13.3. The Morgan fingerprint density at radius 2 is 2.10 bits per heavy atom. The third-order valence-electron chi connectivity index (χ3n) is 3.91. The summed E-state index contributed by atoms with van der Waals surface area (Å²) < 4.78 is 7.10. The summed E-state index contributed by atoms with van der Waals surface area (Å²) in [5.41, 5.74) is -0.344. The van der Waals surface area contributed by atoms with Crippen LogP contribution in [-0.2, 0) is 10.3 Å². The smallest absolute Gasteiger partial charge is 0.322 e. The minimum atomic E-state index is -0.259. The first-order valence-corrected chi connectivity index (χ1v) is 7.44. The van der Waals surface area contributed by atoms with Crippen LogP contribution in [0.3, 0.4) is 0 Å². The number of nitrogens with one attached hydrogen (secondary N) is 2. The number of rotatable bonds is 3. The van der Waals surface area contributed by atoms with Crippen LogP contribution in [0, 0.1) is 0 Å². The molecule has 1 aliphatic heterocycles. The summed E-state index contributed by atoms with van der Waals surface area (Å²) in [7, 11) is 0. The molecule has 0 bridgehead atoms. The van der Waals surface area contributed by atoms with Crippen molar-refractivity contribution in [3.63, 3.8) is 0 Å². The summed E-state index contributed by atoms with van der Waals surface area (Å²) in [4.78, 5) is 16.3. The van der Waals surface area contributed by atoms with Crippen LogP contribution in [0.4, 0.5) is 10.7 Å². The first-order valence-electron chi connectivity index (χ1n) is 7.44. The van der Waals surface area contributed by atoms with E-state index in [0.717, 1.165) is 19.3 Å². The predicted molar refractivity (Wildman–Crippen MR) is 80.2 cm³/mol. The highest BCUT2D eigenvalue weighted by Crippen LogP contribution is 2.24. The number of hydrogen-bond donors (Lipinski definition) is 2. The van der Waals surface area contributed by atoms with E-state index >= 15 is 0 Å². The molecule has 1 aromatic heterocycles. The Labute approximate surface area is 125 Å². The van der Waals surface area contributed by atoms with Gasteiger partial charge in [-0.25, -0.2) is 14.5 Å². The number of nitrogens with zero attached hydrogens (tertiary/aromatic N) is 3. The van der Waals surface area contributed by atoms with E-state index < -0.39 is 0 Å². The van der Waals surface area contributed by atoms with Crippen molar-refractivity contribution >= 4 is 12.0 Å². The third kappa shape index (κ3) is 3.93. The number of hydrogen-bond acceptors (Lipinski definition) is 4. The van der Waals surface area contributed by atoms with Gasteiger partial charge in [0.1, 0.15) is 6.33 Å². The van der Waals surface area contributed by atoms with Crippen molar-refractivity contribution in [3.8, 4) is 0 Å². The quantitative estimate of drug-likeness (QED) is 0.895. The van der Waals surface area contributed by atoms with Crippen molar-refractivity contribution in [1.82, 2.24) is 20.1 Å². The Balaban J connectivity index is 1.96. The van der Waals surface area contributed by atoms with Crippen LogP contribution in [0.1, 0.15) is 47.0 Å². The molecule has 1 aliphatic rings. The molecule has 7 heteroatoms. The van der Waals surface area contributed by atoms with Gasteiger partial charge in [-0.2, -0.15) is 0 Å². The second-order valence-electron chi connectivity index (χ2n) is 6.51. The first kappa shape index (κ1) is 15.8. The Morgan fingerprint density at radius 3 is 2.62 bits per heavy atom. The van der Waals surface area contributed by atoms with Crippen LogP contribution in [-0.4, -0.2) is 39.5 Å². The molecule has 2 heterocycles. The van der Waals surface area contributed by atoms with Crippen molar-refractivity contribution in [2.45, 2.75) is 58.0 Å². The molecule has 2 N–H and O–H groups in total. The fourth-order valence-corrected chi connectivity index (χ4v) is 2.35. The van der Waals surface area contributed by atoms with E-state index in [1.807, 2.05) is 20.8 Å². The zero-order chi connectivity index (χ0) is 15.5. The van der Waals surface area contributed by atoms with Crippen molar-refractivity contribution in [2.75, 3.05) is 18.5 Å². The van der Waals surface area contributed by atoms with Crippen molar-refractivity contribution in [3.05, 3.63) is 6.33 Å². The lowest BCUT2D eigenvalue weighted by atomic mass is 9.87. The maximum atomic E-state index is 12.2. The van der Waals surface area contributed by atoms with E-state index in [0.29, 0.717) is 19.2 Å². The Morgan fingerprint density at radius 1 is 1.43 bits per heavy atom. The van der Waals surface area contributed by atoms with Gasteiger partial charge in [-0.05, 0) is 40.0 Å². The normalized spacial score (nSPS) is 18.3. The van der Waals surface area contributed by atoms with Crippen LogP contribution >= 0.6 is 0 Å². The lowest BCUT2D eigenvalue weighted by Gasteiger charge is -2.37. The summed E-state index contributed by atoms with van der Waals surface area (Å²) >= 11 is 0. The number of urea groups is 1. The molecule has 1 saturated heterocycles. The van der Waals surface area contributed by atoms with Crippen LogP contribution < -0.4 is 10.6 Å². The van der Waals surface area contributed by atoms with Crippen LogP contribution in [0.15, 0.2) is 6.33 Å². The van der Waals surface area contributed by atoms with Crippen molar-refractivity contribution in [2.24, 2.45) is 0 Å². The monoisotopic (exact) mass is 295 g/mol. The first-order chi connectivity index (χ1) is 9.85. The fraction of sp³-hybridized carbons (Fsp3) is 0.786. The fourth-order valence-electron chi connectivity index (χ4n) is 2.35. The molecule has 0 aromatic carbocycles. The summed E-state index contributed by atoms with van der Waals surface area (Å²) in [6, 6.07) is -0.259. The zero-order valence-electron chi connectivity index (χ0n) is 13.3. The van der Waals surface area contributed by atoms with Crippen molar-refractivity contribution in [1.29, 1.82) is 0 Å². The minimum absolute atomic E-state index is 0.158. The number of anilines is 1. The van der Waals surface area contributed by atoms with Crippen LogP contribution in [0.5, 0.6) is 0 Å². The second-order valence-corrected chi connectivity index (χ2v) is 6.51. The summed E-state index contributed by atoms with van der Waals surface area (Å²) in [6.07, 6.45) is 4.18. The average Bonchev–Trinajstić information content (AvgIpc) is 2.88. The molecule has 1 aromatic rings. The summed E-state index contributed by atoms with van der Waals surface area (Å²) in [6.45, 7) is 9.53. The van der Waals surface area contributed by atoms with Crippen LogP contribution in [0.25, 0.3) is 0 Å². The number of ether oxygens (including phenoxy) is 1. The molecule has 2 amide bonds. The van der Waals surface area contributed by atoms with Gasteiger partial charge < -0.3 is 10.1 Å². The van der Waals surface area contributed by atoms with E-state index in [4.69, 9.17) is 4.74 Å². The molecule has 21 heavy (non-hydrogen) atoms. The van der Waals surface area contributed by atoms with Gasteiger partial charge in [-0.15, -0.1) is 5.10 Å². The van der Waals surface area contributed by atoms with E-state index in [-0.39, 0.29) is 17.1 Å². The number of carbonyl (C=O) groups excluding carboxylic acids is 1. The van der Waals surface area contributed by atoms with Gasteiger partial charge in [0.2, 0.25) is 5.95 Å².